The zero-order chi connectivity index (χ0) is 10.9. The standard InChI is InChI=1S/C10H23O3P.Na/c1-3-5-6-7-8-9-10-14(11,12)13-4-2;/h3-10H2,1-2H3,(H,11,12);/q;+1/p-1. The third-order valence-electron chi connectivity index (χ3n) is 2.11. The Morgan fingerprint density at radius 2 is 1.60 bits per heavy atom. The largest absolute Gasteiger partial charge is 1.00 e. The van der Waals surface area contributed by atoms with Crippen LogP contribution in [0, 0.1) is 0 Å². The van der Waals surface area contributed by atoms with Gasteiger partial charge in [-0.3, -0.25) is 0 Å². The van der Waals surface area contributed by atoms with Gasteiger partial charge in [-0.05, 0) is 13.3 Å². The Labute approximate surface area is 116 Å². The van der Waals surface area contributed by atoms with Gasteiger partial charge in [0.25, 0.3) is 0 Å². The molecule has 0 fully saturated rings. The van der Waals surface area contributed by atoms with Crippen LogP contribution in [-0.2, 0) is 9.09 Å². The van der Waals surface area contributed by atoms with E-state index in [0.717, 1.165) is 19.3 Å². The molecule has 0 bridgehead atoms. The van der Waals surface area contributed by atoms with Gasteiger partial charge in [0.15, 0.2) is 0 Å². The van der Waals surface area contributed by atoms with Gasteiger partial charge in [0.05, 0.1) is 6.61 Å². The zero-order valence-electron chi connectivity index (χ0n) is 10.3. The second kappa shape index (κ2) is 11.6. The van der Waals surface area contributed by atoms with Crippen LogP contribution in [0.1, 0.15) is 52.4 Å². The topological polar surface area (TPSA) is 49.4 Å². The maximum absolute atomic E-state index is 11.1. The molecular formula is C10H22NaO3P. The van der Waals surface area contributed by atoms with Crippen LogP contribution in [0.15, 0.2) is 0 Å². The van der Waals surface area contributed by atoms with Crippen LogP contribution in [-0.4, -0.2) is 12.8 Å². The number of unbranched alkanes of at least 4 members (excludes halogenated alkanes) is 5. The number of rotatable bonds is 9. The Bertz CT molecular complexity index is 176. The molecule has 0 N–H and O–H groups in total. The van der Waals surface area contributed by atoms with E-state index in [2.05, 4.69) is 11.4 Å². The summed E-state index contributed by atoms with van der Waals surface area (Å²) in [5, 5.41) is 0. The smallest absolute Gasteiger partial charge is 0.778 e. The molecule has 86 valence electrons. The van der Waals surface area contributed by atoms with Crippen molar-refractivity contribution in [3.63, 3.8) is 0 Å². The Hall–Kier alpha value is 1.15. The predicted molar refractivity (Wildman–Crippen MR) is 57.5 cm³/mol. The van der Waals surface area contributed by atoms with Crippen LogP contribution in [0.2, 0.25) is 0 Å². The van der Waals surface area contributed by atoms with Crippen LogP contribution in [0.25, 0.3) is 0 Å². The number of hydrogen-bond donors (Lipinski definition) is 0. The summed E-state index contributed by atoms with van der Waals surface area (Å²) >= 11 is 0. The monoisotopic (exact) mass is 244 g/mol. The molecule has 0 aromatic rings. The molecule has 0 amide bonds. The molecule has 1 unspecified atom stereocenters. The zero-order valence-corrected chi connectivity index (χ0v) is 13.2. The fraction of sp³-hybridized carbons (Fsp3) is 1.00. The molecule has 0 radical (unpaired) electrons. The summed E-state index contributed by atoms with van der Waals surface area (Å²) in [5.74, 6) is 0. The van der Waals surface area contributed by atoms with Crippen molar-refractivity contribution in [3.8, 4) is 0 Å². The molecule has 15 heavy (non-hydrogen) atoms. The summed E-state index contributed by atoms with van der Waals surface area (Å²) in [6, 6.07) is 0. The maximum Gasteiger partial charge on any atom is 1.00 e. The van der Waals surface area contributed by atoms with Gasteiger partial charge in [0.1, 0.15) is 7.60 Å². The summed E-state index contributed by atoms with van der Waals surface area (Å²) in [5.41, 5.74) is 0. The van der Waals surface area contributed by atoms with Crippen LogP contribution in [0.4, 0.5) is 0 Å². The molecule has 5 heteroatoms. The fourth-order valence-electron chi connectivity index (χ4n) is 1.35. The van der Waals surface area contributed by atoms with Crippen LogP contribution in [0.3, 0.4) is 0 Å². The third kappa shape index (κ3) is 13.1. The molecule has 0 heterocycles. The summed E-state index contributed by atoms with van der Waals surface area (Å²) in [6.07, 6.45) is 6.77. The van der Waals surface area contributed by atoms with Gasteiger partial charge >= 0.3 is 29.6 Å². The first-order chi connectivity index (χ1) is 6.62. The minimum atomic E-state index is -3.50. The van der Waals surface area contributed by atoms with Crippen molar-refractivity contribution in [3.05, 3.63) is 0 Å². The minimum absolute atomic E-state index is 0. The van der Waals surface area contributed by atoms with E-state index in [4.69, 9.17) is 0 Å². The molecule has 0 saturated heterocycles. The first-order valence-corrected chi connectivity index (χ1v) is 7.29. The average Bonchev–Trinajstić information content (AvgIpc) is 2.11. The molecular weight excluding hydrogens is 222 g/mol. The molecule has 0 aromatic heterocycles. The van der Waals surface area contributed by atoms with Gasteiger partial charge < -0.3 is 14.0 Å². The molecule has 0 rings (SSSR count). The molecule has 0 saturated carbocycles. The quantitative estimate of drug-likeness (QED) is 0.324. The van der Waals surface area contributed by atoms with Gasteiger partial charge in [-0.2, -0.15) is 0 Å². The van der Waals surface area contributed by atoms with Gasteiger partial charge in [-0.15, -0.1) is 0 Å². The Morgan fingerprint density at radius 3 is 2.13 bits per heavy atom. The van der Waals surface area contributed by atoms with E-state index in [1.807, 2.05) is 0 Å². The van der Waals surface area contributed by atoms with Gasteiger partial charge in [0.2, 0.25) is 0 Å². The van der Waals surface area contributed by atoms with Crippen molar-refractivity contribution in [2.45, 2.75) is 52.4 Å². The maximum atomic E-state index is 11.1. The molecule has 0 spiro atoms. The summed E-state index contributed by atoms with van der Waals surface area (Å²) < 4.78 is 15.8. The SMILES string of the molecule is CCCCCCCCP(=O)([O-])OCC.[Na+]. The average molecular weight is 244 g/mol. The molecule has 1 atom stereocenters. The Kier molecular flexibility index (Phi) is 14.4. The van der Waals surface area contributed by atoms with E-state index >= 15 is 0 Å². The van der Waals surface area contributed by atoms with Crippen molar-refractivity contribution in [2.24, 2.45) is 0 Å². The van der Waals surface area contributed by atoms with Crippen molar-refractivity contribution in [2.75, 3.05) is 12.8 Å². The molecule has 3 nitrogen and oxygen atoms in total. The van der Waals surface area contributed by atoms with E-state index in [-0.39, 0.29) is 42.3 Å². The summed E-state index contributed by atoms with van der Waals surface area (Å²) in [7, 11) is -3.50. The predicted octanol–water partition coefficient (Wildman–Crippen LogP) is -0.0592. The van der Waals surface area contributed by atoms with E-state index in [0.29, 0.717) is 0 Å². The van der Waals surface area contributed by atoms with E-state index in [9.17, 15) is 9.46 Å². The van der Waals surface area contributed by atoms with Crippen molar-refractivity contribution in [1.29, 1.82) is 0 Å². The summed E-state index contributed by atoms with van der Waals surface area (Å²) in [6.45, 7) is 4.13. The van der Waals surface area contributed by atoms with E-state index in [1.54, 1.807) is 6.92 Å². The second-order valence-corrected chi connectivity index (χ2v) is 5.45. The van der Waals surface area contributed by atoms with Crippen molar-refractivity contribution >= 4 is 7.60 Å². The van der Waals surface area contributed by atoms with Gasteiger partial charge in [-0.1, -0.05) is 39.0 Å². The second-order valence-electron chi connectivity index (χ2n) is 3.52. The Balaban J connectivity index is 0. The van der Waals surface area contributed by atoms with Crippen LogP contribution in [0.5, 0.6) is 0 Å². The van der Waals surface area contributed by atoms with Gasteiger partial charge in [0, 0.05) is 6.16 Å². The third-order valence-corrected chi connectivity index (χ3v) is 3.63. The first-order valence-electron chi connectivity index (χ1n) is 5.57. The molecule has 0 aliphatic rings. The van der Waals surface area contributed by atoms with Crippen LogP contribution >= 0.6 is 7.60 Å². The Morgan fingerprint density at radius 1 is 1.07 bits per heavy atom. The fourth-order valence-corrected chi connectivity index (χ4v) is 2.48. The number of hydrogen-bond acceptors (Lipinski definition) is 3. The minimum Gasteiger partial charge on any atom is -0.778 e. The van der Waals surface area contributed by atoms with E-state index in [1.165, 1.54) is 19.3 Å². The van der Waals surface area contributed by atoms with Crippen molar-refractivity contribution in [1.82, 2.24) is 0 Å². The molecule has 0 aliphatic carbocycles. The van der Waals surface area contributed by atoms with Crippen molar-refractivity contribution < 1.29 is 43.5 Å². The molecule has 0 aromatic carbocycles. The normalized spacial score (nSPS) is 14.3. The van der Waals surface area contributed by atoms with Crippen LogP contribution < -0.4 is 34.5 Å². The van der Waals surface area contributed by atoms with Gasteiger partial charge in [-0.25, -0.2) is 0 Å². The summed E-state index contributed by atoms with van der Waals surface area (Å²) in [4.78, 5) is 11.1. The van der Waals surface area contributed by atoms with E-state index < -0.39 is 7.60 Å². The first kappa shape index (κ1) is 18.5. The molecule has 0 aliphatic heterocycles.